The van der Waals surface area contributed by atoms with E-state index in [0.29, 0.717) is 16.6 Å². The number of halogens is 1. The third-order valence-electron chi connectivity index (χ3n) is 4.08. The van der Waals surface area contributed by atoms with Gasteiger partial charge in [0.2, 0.25) is 8.32 Å². The first-order chi connectivity index (χ1) is 8.80. The first-order valence-electron chi connectivity index (χ1n) is 7.19. The molecule has 1 aromatic rings. The predicted octanol–water partition coefficient (Wildman–Crippen LogP) is 6.14. The van der Waals surface area contributed by atoms with Crippen LogP contribution in [0.5, 0.6) is 0 Å². The minimum Gasteiger partial charge on any atom is -0.412 e. The normalized spacial score (nSPS) is 12.7. The number of benzene rings is 1. The average molecular weight is 343 g/mol. The highest BCUT2D eigenvalue weighted by Crippen LogP contribution is 2.42. The molecule has 1 nitrogen and oxygen atoms in total. The van der Waals surface area contributed by atoms with Crippen molar-refractivity contribution in [1.29, 1.82) is 0 Å². The molecule has 0 unspecified atom stereocenters. The minimum absolute atomic E-state index is 0.639. The van der Waals surface area contributed by atoms with Crippen molar-refractivity contribution >= 4 is 24.2 Å². The summed E-state index contributed by atoms with van der Waals surface area (Å²) in [6.07, 6.45) is 0. The van der Waals surface area contributed by atoms with Gasteiger partial charge in [0, 0.05) is 4.47 Å². The van der Waals surface area contributed by atoms with Gasteiger partial charge in [-0.3, -0.25) is 0 Å². The van der Waals surface area contributed by atoms with Crippen LogP contribution in [0.15, 0.2) is 28.7 Å². The molecule has 0 aliphatic carbocycles. The molecule has 0 aromatic heterocycles. The Labute approximate surface area is 128 Å². The average Bonchev–Trinajstić information content (AvgIpc) is 2.28. The second-order valence-electron chi connectivity index (χ2n) is 6.24. The first-order valence-corrected chi connectivity index (χ1v) is 10.1. The largest absolute Gasteiger partial charge is 0.412 e. The zero-order valence-electron chi connectivity index (χ0n) is 13.0. The Morgan fingerprint density at radius 1 is 1.00 bits per heavy atom. The standard InChI is InChI=1S/C16H27BrOSi/c1-12(2)19(13(3)4,14(5)6)18-11-15-8-7-9-16(17)10-15/h7-10,12-14H,11H2,1-6H3. The van der Waals surface area contributed by atoms with Gasteiger partial charge in [-0.2, -0.15) is 0 Å². The van der Waals surface area contributed by atoms with Gasteiger partial charge in [-0.15, -0.1) is 0 Å². The summed E-state index contributed by atoms with van der Waals surface area (Å²) in [5.74, 6) is 0. The highest BCUT2D eigenvalue weighted by molar-refractivity contribution is 9.10. The van der Waals surface area contributed by atoms with Crippen LogP contribution in [-0.2, 0) is 11.0 Å². The maximum Gasteiger partial charge on any atom is 0.200 e. The monoisotopic (exact) mass is 342 g/mol. The summed E-state index contributed by atoms with van der Waals surface area (Å²) in [4.78, 5) is 0. The summed E-state index contributed by atoms with van der Waals surface area (Å²) in [7, 11) is -1.74. The van der Waals surface area contributed by atoms with E-state index in [1.807, 2.05) is 0 Å². The summed E-state index contributed by atoms with van der Waals surface area (Å²) in [6.45, 7) is 14.7. The van der Waals surface area contributed by atoms with E-state index in [0.717, 1.165) is 11.1 Å². The molecule has 0 aliphatic rings. The van der Waals surface area contributed by atoms with E-state index in [4.69, 9.17) is 4.43 Å². The number of hydrogen-bond donors (Lipinski definition) is 0. The van der Waals surface area contributed by atoms with Crippen LogP contribution in [0.25, 0.3) is 0 Å². The van der Waals surface area contributed by atoms with Gasteiger partial charge in [0.15, 0.2) is 0 Å². The Balaban J connectivity index is 2.90. The van der Waals surface area contributed by atoms with Gasteiger partial charge in [-0.05, 0) is 34.3 Å². The van der Waals surface area contributed by atoms with E-state index >= 15 is 0 Å². The maximum atomic E-state index is 6.57. The van der Waals surface area contributed by atoms with Crippen LogP contribution in [0.4, 0.5) is 0 Å². The van der Waals surface area contributed by atoms with Crippen molar-refractivity contribution in [3.05, 3.63) is 34.3 Å². The van der Waals surface area contributed by atoms with Crippen molar-refractivity contribution < 1.29 is 4.43 Å². The molecule has 0 N–H and O–H groups in total. The molecule has 0 radical (unpaired) electrons. The van der Waals surface area contributed by atoms with E-state index in [1.54, 1.807) is 0 Å². The molecule has 0 fully saturated rings. The number of rotatable bonds is 6. The van der Waals surface area contributed by atoms with Crippen molar-refractivity contribution in [3.8, 4) is 0 Å². The van der Waals surface area contributed by atoms with Gasteiger partial charge < -0.3 is 4.43 Å². The fourth-order valence-electron chi connectivity index (χ4n) is 3.34. The van der Waals surface area contributed by atoms with Crippen molar-refractivity contribution in [2.75, 3.05) is 0 Å². The molecule has 1 rings (SSSR count). The minimum atomic E-state index is -1.74. The lowest BCUT2D eigenvalue weighted by atomic mass is 10.2. The van der Waals surface area contributed by atoms with Crippen molar-refractivity contribution in [2.45, 2.75) is 64.8 Å². The van der Waals surface area contributed by atoms with Crippen LogP contribution in [0, 0.1) is 0 Å². The Morgan fingerprint density at radius 3 is 1.95 bits per heavy atom. The molecule has 0 bridgehead atoms. The molecule has 0 atom stereocenters. The summed E-state index contributed by atoms with van der Waals surface area (Å²) >= 11 is 3.53. The van der Waals surface area contributed by atoms with Crippen LogP contribution in [0.1, 0.15) is 47.1 Å². The third-order valence-corrected chi connectivity index (χ3v) is 10.6. The smallest absolute Gasteiger partial charge is 0.200 e. The molecule has 0 saturated carbocycles. The van der Waals surface area contributed by atoms with Gasteiger partial charge in [0.1, 0.15) is 0 Å². The molecule has 0 spiro atoms. The van der Waals surface area contributed by atoms with E-state index in [-0.39, 0.29) is 0 Å². The molecule has 0 heterocycles. The molecule has 0 aliphatic heterocycles. The van der Waals surface area contributed by atoms with Crippen LogP contribution in [0.2, 0.25) is 16.6 Å². The lowest BCUT2D eigenvalue weighted by Crippen LogP contribution is -2.47. The summed E-state index contributed by atoms with van der Waals surface area (Å²) < 4.78 is 7.70. The Bertz CT molecular complexity index is 380. The maximum absolute atomic E-state index is 6.57. The lowest BCUT2D eigenvalue weighted by molar-refractivity contribution is 0.266. The van der Waals surface area contributed by atoms with Crippen molar-refractivity contribution in [1.82, 2.24) is 0 Å². The Kier molecular flexibility index (Phi) is 6.28. The van der Waals surface area contributed by atoms with Gasteiger partial charge in [0.05, 0.1) is 6.61 Å². The SMILES string of the molecule is CC(C)[Si](OCc1cccc(Br)c1)(C(C)C)C(C)C. The fourth-order valence-corrected chi connectivity index (χ4v) is 9.20. The topological polar surface area (TPSA) is 9.23 Å². The Morgan fingerprint density at radius 2 is 1.53 bits per heavy atom. The summed E-state index contributed by atoms with van der Waals surface area (Å²) in [6, 6.07) is 8.43. The van der Waals surface area contributed by atoms with E-state index < -0.39 is 8.32 Å². The highest BCUT2D eigenvalue weighted by atomic mass is 79.9. The van der Waals surface area contributed by atoms with Crippen molar-refractivity contribution in [2.24, 2.45) is 0 Å². The summed E-state index contributed by atoms with van der Waals surface area (Å²) in [5, 5.41) is 0. The van der Waals surface area contributed by atoms with E-state index in [1.165, 1.54) is 5.56 Å². The predicted molar refractivity (Wildman–Crippen MR) is 90.0 cm³/mol. The molecular weight excluding hydrogens is 316 g/mol. The van der Waals surface area contributed by atoms with Crippen LogP contribution in [0.3, 0.4) is 0 Å². The molecular formula is C16H27BrOSi. The molecule has 108 valence electrons. The van der Waals surface area contributed by atoms with Crippen LogP contribution < -0.4 is 0 Å². The summed E-state index contributed by atoms with van der Waals surface area (Å²) in [5.41, 5.74) is 3.17. The van der Waals surface area contributed by atoms with Gasteiger partial charge in [-0.1, -0.05) is 69.6 Å². The fraction of sp³-hybridized carbons (Fsp3) is 0.625. The third kappa shape index (κ3) is 3.93. The zero-order valence-corrected chi connectivity index (χ0v) is 15.6. The second kappa shape index (κ2) is 7.05. The van der Waals surface area contributed by atoms with E-state index in [9.17, 15) is 0 Å². The van der Waals surface area contributed by atoms with Gasteiger partial charge in [-0.25, -0.2) is 0 Å². The van der Waals surface area contributed by atoms with E-state index in [2.05, 4.69) is 81.7 Å². The lowest BCUT2D eigenvalue weighted by Gasteiger charge is -2.42. The second-order valence-corrected chi connectivity index (χ2v) is 12.6. The number of hydrogen-bond acceptors (Lipinski definition) is 1. The van der Waals surface area contributed by atoms with Crippen LogP contribution >= 0.6 is 15.9 Å². The van der Waals surface area contributed by atoms with Crippen molar-refractivity contribution in [3.63, 3.8) is 0 Å². The molecule has 3 heteroatoms. The highest BCUT2D eigenvalue weighted by Gasteiger charge is 2.44. The molecule has 0 saturated heterocycles. The van der Waals surface area contributed by atoms with Crippen LogP contribution in [-0.4, -0.2) is 8.32 Å². The molecule has 0 amide bonds. The Hall–Kier alpha value is -0.123. The van der Waals surface area contributed by atoms with Gasteiger partial charge in [0.25, 0.3) is 0 Å². The quantitative estimate of drug-likeness (QED) is 0.564. The molecule has 19 heavy (non-hydrogen) atoms. The molecule has 1 aromatic carbocycles. The zero-order chi connectivity index (χ0) is 14.6. The first kappa shape index (κ1) is 16.9. The van der Waals surface area contributed by atoms with Gasteiger partial charge >= 0.3 is 0 Å².